The molecule has 3 heterocycles. The predicted molar refractivity (Wildman–Crippen MR) is 120 cm³/mol. The van der Waals surface area contributed by atoms with Crippen molar-refractivity contribution in [3.8, 4) is 0 Å². The topological polar surface area (TPSA) is 62.5 Å². The number of hydrogen-bond donors (Lipinski definition) is 1. The molecule has 1 saturated carbocycles. The first kappa shape index (κ1) is 20.3. The van der Waals surface area contributed by atoms with Crippen molar-refractivity contribution in [2.75, 3.05) is 17.7 Å². The Hall–Kier alpha value is -2.61. The number of halogens is 1. The van der Waals surface area contributed by atoms with E-state index in [0.717, 1.165) is 61.3 Å². The molecule has 0 spiro atoms. The van der Waals surface area contributed by atoms with Gasteiger partial charge in [0.2, 0.25) is 0 Å². The molecule has 1 saturated heterocycles. The number of amides is 1. The summed E-state index contributed by atoms with van der Waals surface area (Å²) in [5.74, 6) is 0.437. The average molecular weight is 440 g/mol. The molecule has 1 atom stereocenters. The molecule has 6 nitrogen and oxygen atoms in total. The Bertz CT molecular complexity index is 1110. The monoisotopic (exact) mass is 439 g/mol. The van der Waals surface area contributed by atoms with Crippen LogP contribution in [0, 0.1) is 5.82 Å². The van der Waals surface area contributed by atoms with Gasteiger partial charge in [-0.15, -0.1) is 16.9 Å². The number of carbonyl (C=O) groups is 1. The Morgan fingerprint density at radius 3 is 2.81 bits per heavy atom. The second-order valence-electron chi connectivity index (χ2n) is 8.34. The van der Waals surface area contributed by atoms with E-state index in [1.807, 2.05) is 18.4 Å². The third kappa shape index (κ3) is 4.01. The van der Waals surface area contributed by atoms with E-state index >= 15 is 0 Å². The van der Waals surface area contributed by atoms with Crippen LogP contribution in [0.4, 0.5) is 10.2 Å². The van der Waals surface area contributed by atoms with Crippen LogP contribution in [0.15, 0.2) is 41.4 Å². The van der Waals surface area contributed by atoms with Crippen molar-refractivity contribution in [2.45, 2.75) is 55.5 Å². The third-order valence-electron chi connectivity index (χ3n) is 6.33. The summed E-state index contributed by atoms with van der Waals surface area (Å²) in [5.41, 5.74) is 2.06. The molecule has 2 fully saturated rings. The van der Waals surface area contributed by atoms with Crippen molar-refractivity contribution in [3.05, 3.63) is 53.6 Å². The minimum absolute atomic E-state index is 0.0610. The Kier molecular flexibility index (Phi) is 5.56. The maximum atomic E-state index is 14.2. The molecule has 3 aromatic rings. The first-order chi connectivity index (χ1) is 15.1. The number of carbonyl (C=O) groups excluding carboxylic acids is 1. The summed E-state index contributed by atoms with van der Waals surface area (Å²) in [5, 5.41) is 7.89. The van der Waals surface area contributed by atoms with Crippen molar-refractivity contribution in [3.63, 3.8) is 0 Å². The molecule has 2 aromatic heterocycles. The van der Waals surface area contributed by atoms with Crippen molar-refractivity contribution < 1.29 is 9.18 Å². The fraction of sp³-hybridized carbons (Fsp3) is 0.435. The van der Waals surface area contributed by atoms with E-state index in [1.165, 1.54) is 0 Å². The SMILES string of the molecule is CSc1cc(F)cc([C@H]2CCCN2c2ccc3ncc(C(=O)NC4CCCC4)n3n2)c1. The fourth-order valence-corrected chi connectivity index (χ4v) is 5.27. The summed E-state index contributed by atoms with van der Waals surface area (Å²) < 4.78 is 15.8. The Balaban J connectivity index is 1.45. The first-order valence-corrected chi connectivity index (χ1v) is 12.1. The van der Waals surface area contributed by atoms with E-state index in [0.29, 0.717) is 11.3 Å². The van der Waals surface area contributed by atoms with Crippen molar-refractivity contribution in [1.82, 2.24) is 19.9 Å². The summed E-state index contributed by atoms with van der Waals surface area (Å²) in [6.07, 6.45) is 9.88. The molecule has 1 aliphatic heterocycles. The molecule has 1 amide bonds. The van der Waals surface area contributed by atoms with E-state index in [9.17, 15) is 9.18 Å². The minimum atomic E-state index is -0.211. The lowest BCUT2D eigenvalue weighted by Gasteiger charge is -2.26. The number of thioether (sulfide) groups is 1. The van der Waals surface area contributed by atoms with E-state index in [2.05, 4.69) is 21.3 Å². The third-order valence-corrected chi connectivity index (χ3v) is 7.04. The highest BCUT2D eigenvalue weighted by Gasteiger charge is 2.29. The highest BCUT2D eigenvalue weighted by Crippen LogP contribution is 2.36. The van der Waals surface area contributed by atoms with Crippen LogP contribution in [0.25, 0.3) is 5.65 Å². The van der Waals surface area contributed by atoms with Gasteiger partial charge < -0.3 is 10.2 Å². The fourth-order valence-electron chi connectivity index (χ4n) is 4.78. The Morgan fingerprint density at radius 2 is 2.00 bits per heavy atom. The van der Waals surface area contributed by atoms with Crippen molar-refractivity contribution in [1.29, 1.82) is 0 Å². The number of fused-ring (bicyclic) bond motifs is 1. The minimum Gasteiger partial charge on any atom is -0.348 e. The van der Waals surface area contributed by atoms with Crippen LogP contribution in [0.2, 0.25) is 0 Å². The van der Waals surface area contributed by atoms with Gasteiger partial charge in [-0.2, -0.15) is 0 Å². The lowest BCUT2D eigenvalue weighted by Crippen LogP contribution is -2.33. The standard InChI is InChI=1S/C23H26FN5OS/c1-31-18-12-15(11-16(24)13-18)19-7-4-10-28(19)22-9-8-21-25-14-20(29(21)27-22)23(30)26-17-5-2-3-6-17/h8-9,11-14,17,19H,2-7,10H2,1H3,(H,26,30)/t19-/m1/s1. The quantitative estimate of drug-likeness (QED) is 0.589. The van der Waals surface area contributed by atoms with Crippen LogP contribution >= 0.6 is 11.8 Å². The molecule has 0 bridgehead atoms. The van der Waals surface area contributed by atoms with E-state index < -0.39 is 0 Å². The molecule has 1 aliphatic carbocycles. The van der Waals surface area contributed by atoms with Crippen LogP contribution in [0.1, 0.15) is 60.6 Å². The summed E-state index contributed by atoms with van der Waals surface area (Å²) in [6, 6.07) is 9.38. The van der Waals surface area contributed by atoms with Gasteiger partial charge in [-0.05, 0) is 67.8 Å². The number of nitrogens with zero attached hydrogens (tertiary/aromatic N) is 4. The molecule has 5 rings (SSSR count). The first-order valence-electron chi connectivity index (χ1n) is 10.9. The number of anilines is 1. The molecule has 1 aromatic carbocycles. The van der Waals surface area contributed by atoms with Gasteiger partial charge in [-0.1, -0.05) is 12.8 Å². The smallest absolute Gasteiger partial charge is 0.271 e. The van der Waals surface area contributed by atoms with E-state index in [4.69, 9.17) is 5.10 Å². The van der Waals surface area contributed by atoms with Gasteiger partial charge in [0.1, 0.15) is 11.6 Å². The number of nitrogens with one attached hydrogen (secondary N) is 1. The lowest BCUT2D eigenvalue weighted by atomic mass is 10.0. The van der Waals surface area contributed by atoms with Crippen LogP contribution < -0.4 is 10.2 Å². The second-order valence-corrected chi connectivity index (χ2v) is 9.22. The van der Waals surface area contributed by atoms with Gasteiger partial charge in [0.05, 0.1) is 12.2 Å². The zero-order chi connectivity index (χ0) is 21.4. The summed E-state index contributed by atoms with van der Waals surface area (Å²) in [6.45, 7) is 0.840. The zero-order valence-electron chi connectivity index (χ0n) is 17.6. The summed E-state index contributed by atoms with van der Waals surface area (Å²) in [7, 11) is 0. The summed E-state index contributed by atoms with van der Waals surface area (Å²) in [4.78, 5) is 20.3. The number of hydrogen-bond acceptors (Lipinski definition) is 5. The number of imidazole rings is 1. The van der Waals surface area contributed by atoms with Crippen LogP contribution in [-0.4, -0.2) is 39.3 Å². The highest BCUT2D eigenvalue weighted by atomic mass is 32.2. The maximum Gasteiger partial charge on any atom is 0.271 e. The highest BCUT2D eigenvalue weighted by molar-refractivity contribution is 7.98. The molecule has 31 heavy (non-hydrogen) atoms. The molecule has 0 radical (unpaired) electrons. The van der Waals surface area contributed by atoms with E-state index in [1.54, 1.807) is 34.6 Å². The largest absolute Gasteiger partial charge is 0.348 e. The van der Waals surface area contributed by atoms with Crippen LogP contribution in [0.3, 0.4) is 0 Å². The van der Waals surface area contributed by atoms with Gasteiger partial charge in [0.15, 0.2) is 11.3 Å². The zero-order valence-corrected chi connectivity index (χ0v) is 18.4. The molecule has 162 valence electrons. The Labute approximate surface area is 185 Å². The molecule has 1 N–H and O–H groups in total. The molecular weight excluding hydrogens is 413 g/mol. The van der Waals surface area contributed by atoms with Crippen LogP contribution in [-0.2, 0) is 0 Å². The Morgan fingerprint density at radius 1 is 1.16 bits per heavy atom. The van der Waals surface area contributed by atoms with Gasteiger partial charge in [0, 0.05) is 17.5 Å². The number of benzene rings is 1. The van der Waals surface area contributed by atoms with Crippen molar-refractivity contribution in [2.24, 2.45) is 0 Å². The van der Waals surface area contributed by atoms with Crippen molar-refractivity contribution >= 4 is 29.1 Å². The predicted octanol–water partition coefficient (Wildman–Crippen LogP) is 4.60. The number of aromatic nitrogens is 3. The molecule has 2 aliphatic rings. The molecule has 8 heteroatoms. The second kappa shape index (κ2) is 8.49. The molecular formula is C23H26FN5OS. The van der Waals surface area contributed by atoms with E-state index in [-0.39, 0.29) is 23.8 Å². The van der Waals surface area contributed by atoms with Crippen LogP contribution in [0.5, 0.6) is 0 Å². The van der Waals surface area contributed by atoms with Gasteiger partial charge >= 0.3 is 0 Å². The summed E-state index contributed by atoms with van der Waals surface area (Å²) >= 11 is 1.54. The maximum absolute atomic E-state index is 14.2. The molecule has 0 unspecified atom stereocenters. The average Bonchev–Trinajstić information content (AvgIpc) is 3.52. The van der Waals surface area contributed by atoms with Gasteiger partial charge in [0.25, 0.3) is 5.91 Å². The van der Waals surface area contributed by atoms with Gasteiger partial charge in [-0.25, -0.2) is 13.9 Å². The lowest BCUT2D eigenvalue weighted by molar-refractivity contribution is 0.0931. The normalized spacial score (nSPS) is 19.4. The van der Waals surface area contributed by atoms with Gasteiger partial charge in [-0.3, -0.25) is 4.79 Å². The number of rotatable bonds is 5.